The molecule has 0 spiro atoms. The number of alkyl halides is 3. The summed E-state index contributed by atoms with van der Waals surface area (Å²) in [5, 5.41) is 3.16. The molecule has 2 heterocycles. The number of nitrogens with one attached hydrogen (secondary N) is 1. The quantitative estimate of drug-likeness (QED) is 0.599. The van der Waals surface area contributed by atoms with Crippen LogP contribution in [0.15, 0.2) is 36.7 Å². The summed E-state index contributed by atoms with van der Waals surface area (Å²) >= 11 is 5.85. The van der Waals surface area contributed by atoms with Crippen LogP contribution in [0.4, 0.5) is 18.9 Å². The van der Waals surface area contributed by atoms with E-state index in [-0.39, 0.29) is 11.1 Å². The normalized spacial score (nSPS) is 11.0. The highest BCUT2D eigenvalue weighted by atomic mass is 35.5. The molecule has 0 unspecified atom stereocenters. The first-order valence-electron chi connectivity index (χ1n) is 8.67. The van der Waals surface area contributed by atoms with Gasteiger partial charge in [-0.05, 0) is 17.2 Å². The zero-order valence-corrected chi connectivity index (χ0v) is 16.7. The molecule has 0 aliphatic heterocycles. The minimum atomic E-state index is -4.47. The summed E-state index contributed by atoms with van der Waals surface area (Å²) in [7, 11) is 3.30. The third-order valence-corrected chi connectivity index (χ3v) is 4.04. The number of benzene rings is 1. The molecule has 2 aromatic heterocycles. The van der Waals surface area contributed by atoms with Crippen LogP contribution in [0.2, 0.25) is 5.28 Å². The van der Waals surface area contributed by atoms with E-state index in [2.05, 4.69) is 20.3 Å². The molecule has 0 bridgehead atoms. The van der Waals surface area contributed by atoms with Crippen LogP contribution in [0, 0.1) is 0 Å². The molecule has 28 heavy (non-hydrogen) atoms. The number of hydrogen-bond donors (Lipinski definition) is 1. The maximum absolute atomic E-state index is 12.8. The molecular formula is C19H21ClF3N5. The number of aryl methyl sites for hydroxylation is 1. The standard InChI is InChI=1S/C17H15ClF3N5.C2H6/c1-22-13-8-23-16(18)24-12(13)7-10-3-5-11(6-4-10)15-25-14(9-26(15)2)17(19,20)21;1-2/h3-6,8-9,22H,7H2,1-2H3;1-2H3. The SMILES string of the molecule is CC.CNc1cnc(Cl)nc1Cc1ccc(-c2nc(C(F)(F)F)cn2C)cc1. The Balaban J connectivity index is 0.00000136. The van der Waals surface area contributed by atoms with Gasteiger partial charge in [0.1, 0.15) is 5.82 Å². The number of anilines is 1. The van der Waals surface area contributed by atoms with Crippen molar-refractivity contribution >= 4 is 17.3 Å². The van der Waals surface area contributed by atoms with Gasteiger partial charge in [-0.25, -0.2) is 15.0 Å². The molecule has 3 aromatic rings. The zero-order chi connectivity index (χ0) is 20.9. The summed E-state index contributed by atoms with van der Waals surface area (Å²) in [6.07, 6.45) is -1.38. The summed E-state index contributed by atoms with van der Waals surface area (Å²) in [6, 6.07) is 7.12. The van der Waals surface area contributed by atoms with Crippen molar-refractivity contribution in [2.24, 2.45) is 7.05 Å². The van der Waals surface area contributed by atoms with Crippen molar-refractivity contribution in [1.29, 1.82) is 0 Å². The Morgan fingerprint density at radius 3 is 2.29 bits per heavy atom. The topological polar surface area (TPSA) is 55.6 Å². The summed E-state index contributed by atoms with van der Waals surface area (Å²) in [5.74, 6) is 0.255. The molecule has 0 saturated heterocycles. The first-order valence-corrected chi connectivity index (χ1v) is 9.04. The maximum atomic E-state index is 12.8. The van der Waals surface area contributed by atoms with Gasteiger partial charge in [-0.15, -0.1) is 0 Å². The Hall–Kier alpha value is -2.61. The number of rotatable bonds is 4. The monoisotopic (exact) mass is 411 g/mol. The second kappa shape index (κ2) is 9.05. The average Bonchev–Trinajstić information content (AvgIpc) is 3.06. The van der Waals surface area contributed by atoms with Crippen LogP contribution < -0.4 is 5.32 Å². The first kappa shape index (κ1) is 21.7. The van der Waals surface area contributed by atoms with Crippen molar-refractivity contribution in [2.75, 3.05) is 12.4 Å². The molecule has 1 aromatic carbocycles. The summed E-state index contributed by atoms with van der Waals surface area (Å²) < 4.78 is 39.8. The van der Waals surface area contributed by atoms with Crippen molar-refractivity contribution < 1.29 is 13.2 Å². The summed E-state index contributed by atoms with van der Waals surface area (Å²) in [6.45, 7) is 4.00. The van der Waals surface area contributed by atoms with E-state index in [1.54, 1.807) is 25.4 Å². The molecule has 0 amide bonds. The molecular weight excluding hydrogens is 391 g/mol. The molecule has 1 N–H and O–H groups in total. The summed E-state index contributed by atoms with van der Waals surface area (Å²) in [5.41, 5.74) is 2.12. The Bertz CT molecular complexity index is 920. The van der Waals surface area contributed by atoms with Gasteiger partial charge in [0.25, 0.3) is 0 Å². The van der Waals surface area contributed by atoms with Gasteiger partial charge < -0.3 is 9.88 Å². The van der Waals surface area contributed by atoms with Gasteiger partial charge in [0.2, 0.25) is 5.28 Å². The molecule has 9 heteroatoms. The molecule has 0 fully saturated rings. The van der Waals surface area contributed by atoms with Crippen LogP contribution in [0.25, 0.3) is 11.4 Å². The smallest absolute Gasteiger partial charge is 0.385 e. The van der Waals surface area contributed by atoms with Crippen molar-refractivity contribution in [1.82, 2.24) is 19.5 Å². The predicted molar refractivity (Wildman–Crippen MR) is 104 cm³/mol. The van der Waals surface area contributed by atoms with Gasteiger partial charge in [0.15, 0.2) is 5.69 Å². The molecule has 0 saturated carbocycles. The van der Waals surface area contributed by atoms with Gasteiger partial charge >= 0.3 is 6.18 Å². The largest absolute Gasteiger partial charge is 0.434 e. The predicted octanol–water partition coefficient (Wildman–Crippen LogP) is 5.21. The van der Waals surface area contributed by atoms with Crippen molar-refractivity contribution in [3.63, 3.8) is 0 Å². The third kappa shape index (κ3) is 5.01. The number of aromatic nitrogens is 4. The number of halogens is 4. The highest BCUT2D eigenvalue weighted by Gasteiger charge is 2.34. The van der Waals surface area contributed by atoms with Crippen LogP contribution in [0.1, 0.15) is 30.8 Å². The van der Waals surface area contributed by atoms with E-state index in [0.717, 1.165) is 23.1 Å². The number of imidazole rings is 1. The molecule has 0 aliphatic rings. The van der Waals surface area contributed by atoms with Gasteiger partial charge in [0.05, 0.1) is 17.6 Å². The van der Waals surface area contributed by atoms with Crippen LogP contribution in [-0.2, 0) is 19.6 Å². The Morgan fingerprint density at radius 2 is 1.75 bits per heavy atom. The summed E-state index contributed by atoms with van der Waals surface area (Å²) in [4.78, 5) is 11.8. The third-order valence-electron chi connectivity index (χ3n) is 3.86. The minimum absolute atomic E-state index is 0.156. The average molecular weight is 412 g/mol. The molecule has 0 atom stereocenters. The lowest BCUT2D eigenvalue weighted by Crippen LogP contribution is -2.04. The van der Waals surface area contributed by atoms with E-state index >= 15 is 0 Å². The van der Waals surface area contributed by atoms with Crippen molar-refractivity contribution in [3.8, 4) is 11.4 Å². The molecule has 3 rings (SSSR count). The van der Waals surface area contributed by atoms with Crippen LogP contribution in [0.3, 0.4) is 0 Å². The Labute approximate surface area is 166 Å². The van der Waals surface area contributed by atoms with Gasteiger partial charge in [-0.3, -0.25) is 0 Å². The van der Waals surface area contributed by atoms with Crippen molar-refractivity contribution in [2.45, 2.75) is 26.4 Å². The van der Waals surface area contributed by atoms with Crippen molar-refractivity contribution in [3.05, 3.63) is 58.9 Å². The maximum Gasteiger partial charge on any atom is 0.434 e. The molecule has 5 nitrogen and oxygen atoms in total. The van der Waals surface area contributed by atoms with Crippen LogP contribution in [0.5, 0.6) is 0 Å². The van der Waals surface area contributed by atoms with E-state index in [0.29, 0.717) is 12.0 Å². The van der Waals surface area contributed by atoms with E-state index in [1.165, 1.54) is 11.6 Å². The second-order valence-corrected chi connectivity index (χ2v) is 6.02. The van der Waals surface area contributed by atoms with E-state index < -0.39 is 11.9 Å². The lowest BCUT2D eigenvalue weighted by molar-refractivity contribution is -0.140. The Morgan fingerprint density at radius 1 is 1.11 bits per heavy atom. The lowest BCUT2D eigenvalue weighted by Gasteiger charge is -2.09. The lowest BCUT2D eigenvalue weighted by atomic mass is 10.1. The fourth-order valence-corrected chi connectivity index (χ4v) is 2.72. The minimum Gasteiger partial charge on any atom is -0.385 e. The first-order chi connectivity index (χ1) is 13.3. The van der Waals surface area contributed by atoms with E-state index in [1.807, 2.05) is 26.0 Å². The van der Waals surface area contributed by atoms with Gasteiger partial charge in [-0.2, -0.15) is 13.2 Å². The van der Waals surface area contributed by atoms with Gasteiger partial charge in [0, 0.05) is 32.3 Å². The number of nitrogens with zero attached hydrogens (tertiary/aromatic N) is 4. The second-order valence-electron chi connectivity index (χ2n) is 5.68. The molecule has 0 radical (unpaired) electrons. The van der Waals surface area contributed by atoms with Gasteiger partial charge in [-0.1, -0.05) is 38.1 Å². The zero-order valence-electron chi connectivity index (χ0n) is 16.0. The molecule has 0 aliphatic carbocycles. The van der Waals surface area contributed by atoms with E-state index in [9.17, 15) is 13.2 Å². The highest BCUT2D eigenvalue weighted by Crippen LogP contribution is 2.30. The number of hydrogen-bond acceptors (Lipinski definition) is 4. The fraction of sp³-hybridized carbons (Fsp3) is 0.316. The highest BCUT2D eigenvalue weighted by molar-refractivity contribution is 6.28. The van der Waals surface area contributed by atoms with Crippen LogP contribution in [-0.4, -0.2) is 26.6 Å². The van der Waals surface area contributed by atoms with Crippen LogP contribution >= 0.6 is 11.6 Å². The Kier molecular flexibility index (Phi) is 7.01. The molecule has 150 valence electrons. The fourth-order valence-electron chi connectivity index (χ4n) is 2.57. The van der Waals surface area contributed by atoms with E-state index in [4.69, 9.17) is 11.6 Å².